The largest absolute Gasteiger partial charge is 0.327 e. The fourth-order valence-corrected chi connectivity index (χ4v) is 4.47. The SMILES string of the molecule is O=C(c1cccnc1Cl)N1CCc2sccc2C1c1ccc(Cl)cc1. The van der Waals surface area contributed by atoms with Crippen LogP contribution >= 0.6 is 34.5 Å². The molecule has 0 N–H and O–H groups in total. The van der Waals surface area contributed by atoms with Crippen molar-refractivity contribution in [2.45, 2.75) is 12.5 Å². The van der Waals surface area contributed by atoms with Gasteiger partial charge in [0.2, 0.25) is 0 Å². The first-order valence-electron chi connectivity index (χ1n) is 7.88. The number of halogens is 2. The predicted octanol–water partition coefficient (Wildman–Crippen LogP) is 5.24. The van der Waals surface area contributed by atoms with E-state index in [9.17, 15) is 4.79 Å². The van der Waals surface area contributed by atoms with Crippen molar-refractivity contribution in [1.82, 2.24) is 9.88 Å². The maximum Gasteiger partial charge on any atom is 0.257 e. The van der Waals surface area contributed by atoms with E-state index in [2.05, 4.69) is 16.4 Å². The molecule has 1 aromatic carbocycles. The second-order valence-electron chi connectivity index (χ2n) is 5.84. The van der Waals surface area contributed by atoms with Gasteiger partial charge in [0.15, 0.2) is 0 Å². The summed E-state index contributed by atoms with van der Waals surface area (Å²) in [5, 5.41) is 3.00. The Balaban J connectivity index is 1.79. The molecule has 1 amide bonds. The van der Waals surface area contributed by atoms with Gasteiger partial charge in [-0.1, -0.05) is 35.3 Å². The number of thiophene rings is 1. The number of nitrogens with zero attached hydrogens (tertiary/aromatic N) is 2. The van der Waals surface area contributed by atoms with Crippen LogP contribution in [0.3, 0.4) is 0 Å². The summed E-state index contributed by atoms with van der Waals surface area (Å²) >= 11 is 13.9. The van der Waals surface area contributed by atoms with E-state index in [-0.39, 0.29) is 17.1 Å². The summed E-state index contributed by atoms with van der Waals surface area (Å²) in [5.41, 5.74) is 2.64. The Hall–Kier alpha value is -1.88. The normalized spacial score (nSPS) is 16.6. The third-order valence-corrected chi connectivity index (χ3v) is 5.95. The van der Waals surface area contributed by atoms with E-state index in [1.165, 1.54) is 10.4 Å². The zero-order chi connectivity index (χ0) is 17.4. The van der Waals surface area contributed by atoms with Crippen LogP contribution in [0.4, 0.5) is 0 Å². The summed E-state index contributed by atoms with van der Waals surface area (Å²) in [7, 11) is 0. The first-order valence-corrected chi connectivity index (χ1v) is 9.52. The Morgan fingerprint density at radius 2 is 1.96 bits per heavy atom. The Labute approximate surface area is 159 Å². The van der Waals surface area contributed by atoms with Crippen molar-refractivity contribution in [3.05, 3.63) is 85.8 Å². The van der Waals surface area contributed by atoms with Gasteiger partial charge in [-0.2, -0.15) is 0 Å². The zero-order valence-corrected chi connectivity index (χ0v) is 15.5. The van der Waals surface area contributed by atoms with Crippen LogP contribution in [0.5, 0.6) is 0 Å². The zero-order valence-electron chi connectivity index (χ0n) is 13.2. The summed E-state index contributed by atoms with van der Waals surface area (Å²) in [5.74, 6) is -0.102. The number of hydrogen-bond donors (Lipinski definition) is 0. The summed E-state index contributed by atoms with van der Waals surface area (Å²) in [6.07, 6.45) is 2.43. The van der Waals surface area contributed by atoms with Gasteiger partial charge >= 0.3 is 0 Å². The molecule has 3 heterocycles. The molecule has 0 saturated heterocycles. The molecular weight excluding hydrogens is 375 g/mol. The van der Waals surface area contributed by atoms with Gasteiger partial charge in [-0.25, -0.2) is 4.98 Å². The molecule has 0 spiro atoms. The van der Waals surface area contributed by atoms with Gasteiger partial charge in [0.25, 0.3) is 5.91 Å². The Bertz CT molecular complexity index is 923. The number of fused-ring (bicyclic) bond motifs is 1. The van der Waals surface area contributed by atoms with Crippen LogP contribution in [0.2, 0.25) is 10.2 Å². The number of hydrogen-bond acceptors (Lipinski definition) is 3. The summed E-state index contributed by atoms with van der Waals surface area (Å²) in [4.78, 5) is 20.4. The van der Waals surface area contributed by atoms with E-state index in [1.807, 2.05) is 29.2 Å². The molecular formula is C19H14Cl2N2OS. The van der Waals surface area contributed by atoms with Gasteiger partial charge < -0.3 is 4.90 Å². The van der Waals surface area contributed by atoms with E-state index in [4.69, 9.17) is 23.2 Å². The molecule has 0 radical (unpaired) electrons. The minimum atomic E-state index is -0.143. The molecule has 126 valence electrons. The lowest BCUT2D eigenvalue weighted by atomic mass is 9.92. The Morgan fingerprint density at radius 3 is 2.72 bits per heavy atom. The highest BCUT2D eigenvalue weighted by Crippen LogP contribution is 2.39. The topological polar surface area (TPSA) is 33.2 Å². The van der Waals surface area contributed by atoms with Crippen LogP contribution < -0.4 is 0 Å². The van der Waals surface area contributed by atoms with Gasteiger partial charge in [-0.15, -0.1) is 11.3 Å². The van der Waals surface area contributed by atoms with Crippen molar-refractivity contribution >= 4 is 40.4 Å². The van der Waals surface area contributed by atoms with E-state index >= 15 is 0 Å². The van der Waals surface area contributed by atoms with E-state index in [0.717, 1.165) is 12.0 Å². The Kier molecular flexibility index (Phi) is 4.50. The summed E-state index contributed by atoms with van der Waals surface area (Å²) < 4.78 is 0. The first-order chi connectivity index (χ1) is 12.1. The fraction of sp³-hybridized carbons (Fsp3) is 0.158. The van der Waals surface area contributed by atoms with Crippen molar-refractivity contribution in [2.75, 3.05) is 6.54 Å². The average Bonchev–Trinajstić information content (AvgIpc) is 3.10. The summed E-state index contributed by atoms with van der Waals surface area (Å²) in [6.45, 7) is 0.644. The summed E-state index contributed by atoms with van der Waals surface area (Å²) in [6, 6.07) is 13.1. The van der Waals surface area contributed by atoms with Crippen LogP contribution in [0.25, 0.3) is 0 Å². The molecule has 0 saturated carbocycles. The Morgan fingerprint density at radius 1 is 1.16 bits per heavy atom. The maximum atomic E-state index is 13.2. The van der Waals surface area contributed by atoms with Gasteiger partial charge in [-0.3, -0.25) is 4.79 Å². The molecule has 1 unspecified atom stereocenters. The van der Waals surface area contributed by atoms with Crippen LogP contribution in [-0.4, -0.2) is 22.3 Å². The first kappa shape index (κ1) is 16.6. The highest BCUT2D eigenvalue weighted by Gasteiger charge is 2.34. The van der Waals surface area contributed by atoms with Gasteiger partial charge in [0, 0.05) is 22.6 Å². The third kappa shape index (κ3) is 3.06. The number of amides is 1. The highest BCUT2D eigenvalue weighted by atomic mass is 35.5. The van der Waals surface area contributed by atoms with E-state index in [1.54, 1.807) is 29.7 Å². The van der Waals surface area contributed by atoms with Gasteiger partial charge in [-0.05, 0) is 53.3 Å². The molecule has 4 rings (SSSR count). The average molecular weight is 389 g/mol. The number of benzene rings is 1. The molecule has 1 aliphatic heterocycles. The van der Waals surface area contributed by atoms with Crippen molar-refractivity contribution in [3.63, 3.8) is 0 Å². The number of carbonyl (C=O) groups excluding carboxylic acids is 1. The molecule has 0 bridgehead atoms. The van der Waals surface area contributed by atoms with Crippen LogP contribution in [0.15, 0.2) is 54.0 Å². The fourth-order valence-electron chi connectivity index (χ4n) is 3.24. The number of carbonyl (C=O) groups is 1. The highest BCUT2D eigenvalue weighted by molar-refractivity contribution is 7.10. The standard InChI is InChI=1S/C19H14Cl2N2OS/c20-13-5-3-12(4-6-13)17-14-8-11-25-16(14)7-10-23(17)19(24)15-2-1-9-22-18(15)21/h1-6,8-9,11,17H,7,10H2. The molecule has 0 aliphatic carbocycles. The molecule has 3 nitrogen and oxygen atoms in total. The molecule has 3 aromatic rings. The quantitative estimate of drug-likeness (QED) is 0.562. The predicted molar refractivity (Wildman–Crippen MR) is 102 cm³/mol. The van der Waals surface area contributed by atoms with E-state index in [0.29, 0.717) is 17.1 Å². The molecule has 25 heavy (non-hydrogen) atoms. The second-order valence-corrected chi connectivity index (χ2v) is 7.64. The lowest BCUT2D eigenvalue weighted by Gasteiger charge is -2.36. The van der Waals surface area contributed by atoms with Gasteiger partial charge in [0.05, 0.1) is 11.6 Å². The van der Waals surface area contributed by atoms with Crippen LogP contribution in [0.1, 0.15) is 32.4 Å². The third-order valence-electron chi connectivity index (χ3n) is 4.40. The lowest BCUT2D eigenvalue weighted by Crippen LogP contribution is -2.40. The lowest BCUT2D eigenvalue weighted by molar-refractivity contribution is 0.0696. The maximum absolute atomic E-state index is 13.2. The van der Waals surface area contributed by atoms with Crippen molar-refractivity contribution in [1.29, 1.82) is 0 Å². The van der Waals surface area contributed by atoms with Crippen molar-refractivity contribution in [2.24, 2.45) is 0 Å². The van der Waals surface area contributed by atoms with Crippen LogP contribution in [0, 0.1) is 0 Å². The number of pyridine rings is 1. The smallest absolute Gasteiger partial charge is 0.257 e. The van der Waals surface area contributed by atoms with Gasteiger partial charge in [0.1, 0.15) is 5.15 Å². The molecule has 1 aliphatic rings. The monoisotopic (exact) mass is 388 g/mol. The number of aromatic nitrogens is 1. The van der Waals surface area contributed by atoms with Crippen molar-refractivity contribution < 1.29 is 4.79 Å². The molecule has 0 fully saturated rings. The second kappa shape index (κ2) is 6.79. The minimum Gasteiger partial charge on any atom is -0.327 e. The molecule has 1 atom stereocenters. The number of rotatable bonds is 2. The molecule has 2 aromatic heterocycles. The minimum absolute atomic E-state index is 0.102. The van der Waals surface area contributed by atoms with E-state index < -0.39 is 0 Å². The van der Waals surface area contributed by atoms with Crippen LogP contribution in [-0.2, 0) is 6.42 Å². The molecule has 6 heteroatoms. The van der Waals surface area contributed by atoms with Crippen molar-refractivity contribution in [3.8, 4) is 0 Å².